The van der Waals surface area contributed by atoms with Crippen LogP contribution in [0.25, 0.3) is 5.76 Å². The van der Waals surface area contributed by atoms with Crippen molar-refractivity contribution in [3.63, 3.8) is 0 Å². The third kappa shape index (κ3) is 5.28. The van der Waals surface area contributed by atoms with Crippen molar-refractivity contribution < 1.29 is 24.2 Å². The van der Waals surface area contributed by atoms with Crippen LogP contribution in [0.1, 0.15) is 57.4 Å². The Hall–Kier alpha value is -4.26. The number of ketones is 1. The summed E-state index contributed by atoms with van der Waals surface area (Å²) in [6.45, 7) is 12.1. The first-order chi connectivity index (χ1) is 19.0. The first-order valence-electron chi connectivity index (χ1n) is 13.5. The molecule has 0 spiro atoms. The van der Waals surface area contributed by atoms with Gasteiger partial charge in [-0.1, -0.05) is 39.0 Å². The maximum absolute atomic E-state index is 13.7. The number of nitrogens with zero attached hydrogens (tertiary/aromatic N) is 2. The van der Waals surface area contributed by atoms with Crippen LogP contribution in [0.3, 0.4) is 0 Å². The summed E-state index contributed by atoms with van der Waals surface area (Å²) in [6, 6.07) is 19.5. The van der Waals surface area contributed by atoms with Gasteiger partial charge < -0.3 is 19.5 Å². The molecule has 0 bridgehead atoms. The predicted octanol–water partition coefficient (Wildman–Crippen LogP) is 6.47. The minimum atomic E-state index is -0.845. The zero-order valence-corrected chi connectivity index (χ0v) is 24.3. The van der Waals surface area contributed by atoms with E-state index in [0.717, 1.165) is 24.3 Å². The standard InChI is InChI=1S/C33H38N2O5/c1-8-34(9-2)23-13-10-21(11-14-23)29-28(30(36)26-20-22(33(3,4)5)12-19-27(26)40-7)31(37)32(38)35(29)24-15-17-25(39-6)18-16-24/h10-20,29,36H,8-9H2,1-7H3/b30-28+. The number of aliphatic hydroxyl groups is 1. The van der Waals surface area contributed by atoms with Crippen molar-refractivity contribution in [3.8, 4) is 11.5 Å². The lowest BCUT2D eigenvalue weighted by Gasteiger charge is -2.27. The van der Waals surface area contributed by atoms with Gasteiger partial charge in [-0.05, 0) is 78.9 Å². The Balaban J connectivity index is 1.95. The van der Waals surface area contributed by atoms with Crippen molar-refractivity contribution in [2.45, 2.75) is 46.1 Å². The van der Waals surface area contributed by atoms with E-state index in [2.05, 4.69) is 39.5 Å². The van der Waals surface area contributed by atoms with Gasteiger partial charge in [0.25, 0.3) is 11.7 Å². The molecule has 0 aliphatic carbocycles. The average molecular weight is 543 g/mol. The van der Waals surface area contributed by atoms with Crippen LogP contribution in [0.5, 0.6) is 11.5 Å². The smallest absolute Gasteiger partial charge is 0.300 e. The summed E-state index contributed by atoms with van der Waals surface area (Å²) >= 11 is 0. The molecule has 210 valence electrons. The lowest BCUT2D eigenvalue weighted by atomic mass is 9.85. The van der Waals surface area contributed by atoms with Crippen molar-refractivity contribution in [1.29, 1.82) is 0 Å². The van der Waals surface area contributed by atoms with E-state index >= 15 is 0 Å². The van der Waals surface area contributed by atoms with Crippen LogP contribution in [0.15, 0.2) is 72.3 Å². The molecular weight excluding hydrogens is 504 g/mol. The van der Waals surface area contributed by atoms with Gasteiger partial charge in [0.1, 0.15) is 17.3 Å². The fraction of sp³-hybridized carbons (Fsp3) is 0.333. The Morgan fingerprint density at radius 1 is 0.900 bits per heavy atom. The Bertz CT molecular complexity index is 1410. The highest BCUT2D eigenvalue weighted by molar-refractivity contribution is 6.51. The van der Waals surface area contributed by atoms with Crippen LogP contribution in [0, 0.1) is 0 Å². The van der Waals surface area contributed by atoms with Crippen LogP contribution in [0.2, 0.25) is 0 Å². The number of rotatable bonds is 8. The Kier molecular flexibility index (Phi) is 8.24. The largest absolute Gasteiger partial charge is 0.507 e. The van der Waals surface area contributed by atoms with Crippen LogP contribution >= 0.6 is 0 Å². The van der Waals surface area contributed by atoms with E-state index in [1.165, 1.54) is 12.0 Å². The number of methoxy groups -OCH3 is 2. The zero-order valence-electron chi connectivity index (χ0n) is 24.3. The summed E-state index contributed by atoms with van der Waals surface area (Å²) in [4.78, 5) is 30.9. The van der Waals surface area contributed by atoms with Gasteiger partial charge in [0.15, 0.2) is 0 Å². The van der Waals surface area contributed by atoms with Crippen molar-refractivity contribution >= 4 is 28.8 Å². The molecule has 40 heavy (non-hydrogen) atoms. The lowest BCUT2D eigenvalue weighted by molar-refractivity contribution is -0.132. The second-order valence-corrected chi connectivity index (χ2v) is 10.8. The zero-order chi connectivity index (χ0) is 29.2. The van der Waals surface area contributed by atoms with Gasteiger partial charge in [-0.25, -0.2) is 0 Å². The van der Waals surface area contributed by atoms with Gasteiger partial charge >= 0.3 is 0 Å². The van der Waals surface area contributed by atoms with Gasteiger partial charge in [0, 0.05) is 24.5 Å². The van der Waals surface area contributed by atoms with Crippen molar-refractivity contribution in [1.82, 2.24) is 0 Å². The van der Waals surface area contributed by atoms with Crippen molar-refractivity contribution in [2.24, 2.45) is 0 Å². The summed E-state index contributed by atoms with van der Waals surface area (Å²) in [5.74, 6) is -0.694. The molecule has 1 fully saturated rings. The molecule has 1 saturated heterocycles. The summed E-state index contributed by atoms with van der Waals surface area (Å²) in [5.41, 5.74) is 3.40. The maximum Gasteiger partial charge on any atom is 0.300 e. The molecule has 7 nitrogen and oxygen atoms in total. The van der Waals surface area contributed by atoms with E-state index in [4.69, 9.17) is 9.47 Å². The van der Waals surface area contributed by atoms with E-state index in [-0.39, 0.29) is 16.7 Å². The third-order valence-electron chi connectivity index (χ3n) is 7.45. The van der Waals surface area contributed by atoms with E-state index < -0.39 is 17.7 Å². The van der Waals surface area contributed by atoms with E-state index in [1.54, 1.807) is 37.4 Å². The topological polar surface area (TPSA) is 79.3 Å². The summed E-state index contributed by atoms with van der Waals surface area (Å²) in [5, 5.41) is 11.8. The second-order valence-electron chi connectivity index (χ2n) is 10.8. The monoisotopic (exact) mass is 542 g/mol. The number of Topliss-reactive ketones (excluding diaryl/α,β-unsaturated/α-hetero) is 1. The third-order valence-corrected chi connectivity index (χ3v) is 7.45. The van der Waals surface area contributed by atoms with Gasteiger partial charge in [-0.15, -0.1) is 0 Å². The SMILES string of the molecule is CCN(CC)c1ccc(C2/C(=C(\O)c3cc(C(C)(C)C)ccc3OC)C(=O)C(=O)N2c2ccc(OC)cc2)cc1. The molecule has 0 radical (unpaired) electrons. The van der Waals surface area contributed by atoms with Crippen LogP contribution in [-0.4, -0.2) is 44.1 Å². The molecule has 3 aromatic carbocycles. The highest BCUT2D eigenvalue weighted by Crippen LogP contribution is 2.44. The second kappa shape index (κ2) is 11.5. The van der Waals surface area contributed by atoms with Crippen molar-refractivity contribution in [3.05, 3.63) is 89.0 Å². The fourth-order valence-electron chi connectivity index (χ4n) is 5.12. The van der Waals surface area contributed by atoms with Gasteiger partial charge in [0.2, 0.25) is 0 Å². The first kappa shape index (κ1) is 28.7. The molecule has 4 rings (SSSR count). The average Bonchev–Trinajstić information content (AvgIpc) is 3.22. The molecule has 7 heteroatoms. The maximum atomic E-state index is 13.7. The van der Waals surface area contributed by atoms with Crippen LogP contribution in [0.4, 0.5) is 11.4 Å². The Morgan fingerprint density at radius 3 is 2.05 bits per heavy atom. The molecule has 1 aliphatic heterocycles. The molecule has 0 saturated carbocycles. The highest BCUT2D eigenvalue weighted by Gasteiger charge is 2.47. The van der Waals surface area contributed by atoms with Gasteiger partial charge in [-0.3, -0.25) is 14.5 Å². The van der Waals surface area contributed by atoms with E-state index in [9.17, 15) is 14.7 Å². The van der Waals surface area contributed by atoms with E-state index in [0.29, 0.717) is 28.3 Å². The Morgan fingerprint density at radius 2 is 1.52 bits per heavy atom. The summed E-state index contributed by atoms with van der Waals surface area (Å²) in [7, 11) is 3.08. The minimum absolute atomic E-state index is 0.0146. The van der Waals surface area contributed by atoms with Gasteiger partial charge in [0.05, 0.1) is 31.4 Å². The summed E-state index contributed by atoms with van der Waals surface area (Å²) in [6.07, 6.45) is 0. The molecule has 1 aliphatic rings. The summed E-state index contributed by atoms with van der Waals surface area (Å²) < 4.78 is 10.9. The van der Waals surface area contributed by atoms with Crippen LogP contribution in [-0.2, 0) is 15.0 Å². The normalized spacial score (nSPS) is 16.8. The number of hydrogen-bond acceptors (Lipinski definition) is 6. The number of anilines is 2. The molecule has 1 atom stereocenters. The molecule has 3 aromatic rings. The lowest BCUT2D eigenvalue weighted by Crippen LogP contribution is -2.29. The number of aliphatic hydroxyl groups excluding tert-OH is 1. The quantitative estimate of drug-likeness (QED) is 0.200. The number of benzene rings is 3. The number of carbonyl (C=O) groups excluding carboxylic acids is 2. The van der Waals surface area contributed by atoms with Crippen LogP contribution < -0.4 is 19.3 Å². The number of amides is 1. The number of hydrogen-bond donors (Lipinski definition) is 1. The molecule has 1 heterocycles. The predicted molar refractivity (Wildman–Crippen MR) is 159 cm³/mol. The number of carbonyl (C=O) groups is 2. The highest BCUT2D eigenvalue weighted by atomic mass is 16.5. The van der Waals surface area contributed by atoms with E-state index in [1.807, 2.05) is 36.4 Å². The molecule has 1 unspecified atom stereocenters. The molecule has 0 aromatic heterocycles. The molecule has 1 amide bonds. The molecular formula is C33H38N2O5. The van der Waals surface area contributed by atoms with Gasteiger partial charge in [-0.2, -0.15) is 0 Å². The minimum Gasteiger partial charge on any atom is -0.507 e. The van der Waals surface area contributed by atoms with Crippen molar-refractivity contribution in [2.75, 3.05) is 37.1 Å². The first-order valence-corrected chi connectivity index (χ1v) is 13.5. The molecule has 1 N–H and O–H groups in total. The number of ether oxygens (including phenoxy) is 2. The fourth-order valence-corrected chi connectivity index (χ4v) is 5.12. The Labute approximate surface area is 236 Å².